The fourth-order valence-corrected chi connectivity index (χ4v) is 0.598. The molecule has 11 heavy (non-hydrogen) atoms. The van der Waals surface area contributed by atoms with E-state index in [9.17, 15) is 0 Å². The van der Waals surface area contributed by atoms with E-state index in [4.69, 9.17) is 5.73 Å². The van der Waals surface area contributed by atoms with Crippen LogP contribution in [0.3, 0.4) is 0 Å². The van der Waals surface area contributed by atoms with Gasteiger partial charge in [0.2, 0.25) is 0 Å². The van der Waals surface area contributed by atoms with Crippen molar-refractivity contribution < 1.29 is 0 Å². The van der Waals surface area contributed by atoms with Gasteiger partial charge in [0.05, 0.1) is 11.5 Å². The highest BCUT2D eigenvalue weighted by atomic mass is 14.9. The minimum Gasteiger partial charge on any atom is -0.387 e. The van der Waals surface area contributed by atoms with Crippen LogP contribution in [0.4, 0.5) is 0 Å². The third-order valence-electron chi connectivity index (χ3n) is 0.978. The van der Waals surface area contributed by atoms with Crippen molar-refractivity contribution in [3.63, 3.8) is 0 Å². The lowest BCUT2D eigenvalue weighted by atomic mass is 10.4. The monoisotopic (exact) mass is 155 g/mol. The van der Waals surface area contributed by atoms with Crippen LogP contribution in [0.15, 0.2) is 16.9 Å². The van der Waals surface area contributed by atoms with E-state index in [2.05, 4.69) is 24.2 Å². The lowest BCUT2D eigenvalue weighted by Gasteiger charge is -2.03. The van der Waals surface area contributed by atoms with Crippen molar-refractivity contribution in [2.24, 2.45) is 10.7 Å². The predicted octanol–water partition coefficient (Wildman–Crippen LogP) is 1.22. The molecule has 64 valence electrons. The van der Waals surface area contributed by atoms with Crippen molar-refractivity contribution in [2.75, 3.05) is 0 Å². The number of nitrogens with zero attached hydrogens (tertiary/aromatic N) is 1. The number of amidine groups is 1. The molecule has 0 aromatic carbocycles. The molecule has 0 saturated carbocycles. The van der Waals surface area contributed by atoms with Crippen molar-refractivity contribution >= 4 is 5.84 Å². The highest BCUT2D eigenvalue weighted by Gasteiger charge is 1.87. The van der Waals surface area contributed by atoms with Gasteiger partial charge in [-0.15, -0.1) is 0 Å². The molecular weight excluding hydrogens is 138 g/mol. The lowest BCUT2D eigenvalue weighted by Crippen LogP contribution is -2.16. The number of aliphatic imine (C=N–C) groups is 1. The maximum atomic E-state index is 5.38. The van der Waals surface area contributed by atoms with E-state index < -0.39 is 0 Å². The molecule has 3 heteroatoms. The fourth-order valence-electron chi connectivity index (χ4n) is 0.598. The predicted molar refractivity (Wildman–Crippen MR) is 49.3 cm³/mol. The topological polar surface area (TPSA) is 50.4 Å². The van der Waals surface area contributed by atoms with Crippen molar-refractivity contribution in [3.8, 4) is 0 Å². The summed E-state index contributed by atoms with van der Waals surface area (Å²) in [6, 6.07) is 0.443. The second-order valence-corrected chi connectivity index (χ2v) is 2.86. The van der Waals surface area contributed by atoms with Gasteiger partial charge in [0.1, 0.15) is 0 Å². The average molecular weight is 155 g/mol. The van der Waals surface area contributed by atoms with Gasteiger partial charge < -0.3 is 11.1 Å². The Morgan fingerprint density at radius 1 is 1.45 bits per heavy atom. The molecule has 3 N–H and O–H groups in total. The SMILES string of the molecule is CC(N)=N/C(C)=C/NC(C)C. The Morgan fingerprint density at radius 2 is 2.00 bits per heavy atom. The molecule has 0 aromatic heterocycles. The number of hydrogen-bond acceptors (Lipinski definition) is 2. The second kappa shape index (κ2) is 4.77. The van der Waals surface area contributed by atoms with Crippen LogP contribution in [0.5, 0.6) is 0 Å². The van der Waals surface area contributed by atoms with E-state index in [1.165, 1.54) is 0 Å². The number of rotatable bonds is 3. The molecule has 0 saturated heterocycles. The zero-order valence-electron chi connectivity index (χ0n) is 7.68. The van der Waals surface area contributed by atoms with Gasteiger partial charge >= 0.3 is 0 Å². The van der Waals surface area contributed by atoms with Gasteiger partial charge in [0.15, 0.2) is 0 Å². The average Bonchev–Trinajstić information content (AvgIpc) is 1.82. The largest absolute Gasteiger partial charge is 0.387 e. The zero-order valence-corrected chi connectivity index (χ0v) is 7.68. The van der Waals surface area contributed by atoms with Crippen LogP contribution in [-0.2, 0) is 0 Å². The van der Waals surface area contributed by atoms with E-state index >= 15 is 0 Å². The summed E-state index contributed by atoms with van der Waals surface area (Å²) in [6.07, 6.45) is 1.86. The number of allylic oxidation sites excluding steroid dienone is 1. The van der Waals surface area contributed by atoms with Crippen LogP contribution < -0.4 is 11.1 Å². The highest BCUT2D eigenvalue weighted by Crippen LogP contribution is 1.92. The van der Waals surface area contributed by atoms with Crippen LogP contribution in [0, 0.1) is 0 Å². The first kappa shape index (κ1) is 10.0. The number of nitrogens with two attached hydrogens (primary N) is 1. The highest BCUT2D eigenvalue weighted by molar-refractivity contribution is 5.78. The van der Waals surface area contributed by atoms with Gasteiger partial charge in [-0.05, 0) is 27.7 Å². The Labute approximate surface area is 68.4 Å². The Kier molecular flexibility index (Phi) is 4.34. The molecule has 0 atom stereocenters. The van der Waals surface area contributed by atoms with Crippen molar-refractivity contribution in [2.45, 2.75) is 33.7 Å². The maximum absolute atomic E-state index is 5.38. The minimum atomic E-state index is 0.443. The normalized spacial score (nSPS) is 13.9. The van der Waals surface area contributed by atoms with Crippen molar-refractivity contribution in [3.05, 3.63) is 11.9 Å². The van der Waals surface area contributed by atoms with Crippen molar-refractivity contribution in [1.29, 1.82) is 0 Å². The Hall–Kier alpha value is -0.990. The Morgan fingerprint density at radius 3 is 2.36 bits per heavy atom. The zero-order chi connectivity index (χ0) is 8.85. The molecule has 0 bridgehead atoms. The smallest absolute Gasteiger partial charge is 0.0961 e. The van der Waals surface area contributed by atoms with Crippen molar-refractivity contribution in [1.82, 2.24) is 5.32 Å². The summed E-state index contributed by atoms with van der Waals surface area (Å²) in [5.74, 6) is 0.587. The molecule has 0 fully saturated rings. The van der Waals surface area contributed by atoms with Gasteiger partial charge in [-0.2, -0.15) is 0 Å². The van der Waals surface area contributed by atoms with E-state index in [1.54, 1.807) is 6.92 Å². The van der Waals surface area contributed by atoms with Gasteiger partial charge in [-0.3, -0.25) is 0 Å². The van der Waals surface area contributed by atoms with Gasteiger partial charge in [-0.1, -0.05) is 0 Å². The van der Waals surface area contributed by atoms with Gasteiger partial charge in [0, 0.05) is 12.2 Å². The Bertz CT molecular complexity index is 164. The molecule has 0 amide bonds. The molecule has 0 aliphatic rings. The maximum Gasteiger partial charge on any atom is 0.0961 e. The first-order chi connectivity index (χ1) is 5.02. The molecule has 3 nitrogen and oxygen atoms in total. The lowest BCUT2D eigenvalue weighted by molar-refractivity contribution is 0.697. The standard InChI is InChI=1S/C8H17N3/c1-6(2)10-5-7(3)11-8(4)9/h5-6,10H,1-4H3,(H2,9,11)/b7-5+. The van der Waals surface area contributed by atoms with Crippen LogP contribution in [0.25, 0.3) is 0 Å². The molecule has 0 unspecified atom stereocenters. The summed E-state index contributed by atoms with van der Waals surface area (Å²) in [5, 5.41) is 3.13. The molecule has 0 heterocycles. The van der Waals surface area contributed by atoms with E-state index in [0.717, 1.165) is 5.70 Å². The molecule has 0 spiro atoms. The second-order valence-electron chi connectivity index (χ2n) is 2.86. The van der Waals surface area contributed by atoms with Crippen LogP contribution >= 0.6 is 0 Å². The van der Waals surface area contributed by atoms with Crippen LogP contribution in [0.1, 0.15) is 27.7 Å². The summed E-state index contributed by atoms with van der Waals surface area (Å²) < 4.78 is 0. The summed E-state index contributed by atoms with van der Waals surface area (Å²) in [4.78, 5) is 4.04. The molecule has 0 radical (unpaired) electrons. The van der Waals surface area contributed by atoms with E-state index in [-0.39, 0.29) is 0 Å². The molecular formula is C8H17N3. The molecule has 0 aliphatic carbocycles. The minimum absolute atomic E-state index is 0.443. The summed E-state index contributed by atoms with van der Waals surface area (Å²) >= 11 is 0. The summed E-state index contributed by atoms with van der Waals surface area (Å²) in [7, 11) is 0. The van der Waals surface area contributed by atoms with Gasteiger partial charge in [0.25, 0.3) is 0 Å². The quantitative estimate of drug-likeness (QED) is 0.475. The molecule has 0 aromatic rings. The first-order valence-electron chi connectivity index (χ1n) is 3.76. The fraction of sp³-hybridized carbons (Fsp3) is 0.625. The number of nitrogens with one attached hydrogen (secondary N) is 1. The van der Waals surface area contributed by atoms with Gasteiger partial charge in [-0.25, -0.2) is 4.99 Å². The van der Waals surface area contributed by atoms with E-state index in [0.29, 0.717) is 11.9 Å². The summed E-state index contributed by atoms with van der Waals surface area (Å²) in [5.41, 5.74) is 6.28. The van der Waals surface area contributed by atoms with Crippen LogP contribution in [-0.4, -0.2) is 11.9 Å². The number of hydrogen-bond donors (Lipinski definition) is 2. The third-order valence-corrected chi connectivity index (χ3v) is 0.978. The molecule has 0 aliphatic heterocycles. The Balaban J connectivity index is 3.92. The first-order valence-corrected chi connectivity index (χ1v) is 3.76. The molecule has 0 rings (SSSR count). The van der Waals surface area contributed by atoms with E-state index in [1.807, 2.05) is 13.1 Å². The third kappa shape index (κ3) is 6.90. The summed E-state index contributed by atoms with van der Waals surface area (Å²) in [6.45, 7) is 7.82. The van der Waals surface area contributed by atoms with Crippen LogP contribution in [0.2, 0.25) is 0 Å².